The lowest BCUT2D eigenvalue weighted by Gasteiger charge is -2.16. The molecule has 0 saturated carbocycles. The summed E-state index contributed by atoms with van der Waals surface area (Å²) in [7, 11) is 0. The highest BCUT2D eigenvalue weighted by atomic mass is 16.5. The van der Waals surface area contributed by atoms with Gasteiger partial charge in [0.2, 0.25) is 0 Å². The lowest BCUT2D eigenvalue weighted by molar-refractivity contribution is -0.138. The van der Waals surface area contributed by atoms with Gasteiger partial charge in [-0.2, -0.15) is 0 Å². The fourth-order valence-electron chi connectivity index (χ4n) is 4.17. The van der Waals surface area contributed by atoms with Crippen LogP contribution < -0.4 is 4.74 Å². The minimum atomic E-state index is -0.694. The molecular weight excluding hydrogens is 416 g/mol. The molecule has 33 heavy (non-hydrogen) atoms. The predicted octanol–water partition coefficient (Wildman–Crippen LogP) is 7.58. The maximum Gasteiger partial charge on any atom is 0.303 e. The number of carboxylic acids is 2. The van der Waals surface area contributed by atoms with Crippen molar-refractivity contribution in [1.82, 2.24) is 0 Å². The first kappa shape index (κ1) is 29.0. The van der Waals surface area contributed by atoms with Crippen LogP contribution in [0.3, 0.4) is 0 Å². The molecule has 0 fully saturated rings. The summed E-state index contributed by atoms with van der Waals surface area (Å²) in [5.74, 6) is -0.335. The van der Waals surface area contributed by atoms with Crippen molar-refractivity contribution in [2.45, 2.75) is 122 Å². The zero-order valence-corrected chi connectivity index (χ0v) is 20.8. The van der Waals surface area contributed by atoms with Gasteiger partial charge < -0.3 is 14.9 Å². The SMILES string of the molecule is CCCCOc1cccc(CCCCCCCCC(=O)O)c1CCCCCCCCC(=O)O. The Kier molecular flexibility index (Phi) is 17.1. The fourth-order valence-corrected chi connectivity index (χ4v) is 4.17. The minimum absolute atomic E-state index is 0.286. The van der Waals surface area contributed by atoms with Crippen molar-refractivity contribution in [2.24, 2.45) is 0 Å². The third-order valence-corrected chi connectivity index (χ3v) is 6.14. The maximum atomic E-state index is 10.6. The second-order valence-corrected chi connectivity index (χ2v) is 9.13. The van der Waals surface area contributed by atoms with E-state index < -0.39 is 11.9 Å². The van der Waals surface area contributed by atoms with Gasteiger partial charge in [0.05, 0.1) is 6.61 Å². The molecule has 0 saturated heterocycles. The molecule has 1 aromatic rings. The Bertz CT molecular complexity index is 656. The van der Waals surface area contributed by atoms with Crippen LogP contribution >= 0.6 is 0 Å². The molecule has 0 aliphatic heterocycles. The number of carboxylic acid groups (broad SMARTS) is 2. The average Bonchev–Trinajstić information content (AvgIpc) is 2.78. The normalized spacial score (nSPS) is 10.9. The number of benzene rings is 1. The van der Waals surface area contributed by atoms with E-state index in [1.165, 1.54) is 30.4 Å². The molecule has 1 rings (SSSR count). The molecule has 0 radical (unpaired) electrons. The predicted molar refractivity (Wildman–Crippen MR) is 134 cm³/mol. The van der Waals surface area contributed by atoms with Crippen molar-refractivity contribution < 1.29 is 24.5 Å². The van der Waals surface area contributed by atoms with E-state index in [9.17, 15) is 9.59 Å². The van der Waals surface area contributed by atoms with Gasteiger partial charge in [-0.25, -0.2) is 0 Å². The molecule has 0 unspecified atom stereocenters. The second-order valence-electron chi connectivity index (χ2n) is 9.13. The molecule has 0 heterocycles. The number of rotatable bonds is 22. The van der Waals surface area contributed by atoms with E-state index in [1.54, 1.807) is 0 Å². The molecule has 0 aliphatic carbocycles. The molecule has 5 heteroatoms. The highest BCUT2D eigenvalue weighted by Gasteiger charge is 2.10. The summed E-state index contributed by atoms with van der Waals surface area (Å²) in [6.45, 7) is 2.95. The van der Waals surface area contributed by atoms with Crippen molar-refractivity contribution in [1.29, 1.82) is 0 Å². The number of carbonyl (C=O) groups is 2. The van der Waals surface area contributed by atoms with E-state index in [1.807, 2.05) is 0 Å². The second kappa shape index (κ2) is 19.4. The quantitative estimate of drug-likeness (QED) is 0.173. The van der Waals surface area contributed by atoms with Gasteiger partial charge >= 0.3 is 11.9 Å². The van der Waals surface area contributed by atoms with Crippen LogP contribution in [0.2, 0.25) is 0 Å². The number of ether oxygens (including phenoxy) is 1. The number of hydrogen-bond acceptors (Lipinski definition) is 3. The van der Waals surface area contributed by atoms with Crippen molar-refractivity contribution in [2.75, 3.05) is 6.61 Å². The van der Waals surface area contributed by atoms with Crippen LogP contribution in [0.1, 0.15) is 121 Å². The number of aryl methyl sites for hydroxylation is 1. The highest BCUT2D eigenvalue weighted by molar-refractivity contribution is 5.66. The maximum absolute atomic E-state index is 10.6. The summed E-state index contributed by atoms with van der Waals surface area (Å²) >= 11 is 0. The van der Waals surface area contributed by atoms with Crippen LogP contribution in [0.4, 0.5) is 0 Å². The van der Waals surface area contributed by atoms with Gasteiger partial charge in [0.15, 0.2) is 0 Å². The van der Waals surface area contributed by atoms with Gasteiger partial charge in [-0.15, -0.1) is 0 Å². The smallest absolute Gasteiger partial charge is 0.303 e. The standard InChI is InChI=1S/C28H46O5/c1-2-3-23-33-26-20-16-18-24(17-12-8-4-6-10-14-21-27(29)30)25(26)19-13-9-5-7-11-15-22-28(31)32/h16,18,20H,2-15,17,19,21-23H2,1H3,(H,29,30)(H,31,32). The van der Waals surface area contributed by atoms with Gasteiger partial charge in [0.1, 0.15) is 5.75 Å². The van der Waals surface area contributed by atoms with Crippen molar-refractivity contribution in [3.63, 3.8) is 0 Å². The molecule has 0 aliphatic rings. The number of unbranched alkanes of at least 4 members (excludes halogenated alkanes) is 11. The van der Waals surface area contributed by atoms with Crippen LogP contribution in [-0.2, 0) is 22.4 Å². The Balaban J connectivity index is 2.44. The van der Waals surface area contributed by atoms with E-state index >= 15 is 0 Å². The fraction of sp³-hybridized carbons (Fsp3) is 0.714. The first-order valence-corrected chi connectivity index (χ1v) is 13.2. The Hall–Kier alpha value is -2.04. The van der Waals surface area contributed by atoms with Gasteiger partial charge in [-0.05, 0) is 62.1 Å². The summed E-state index contributed by atoms with van der Waals surface area (Å²) in [5, 5.41) is 17.4. The number of aliphatic carboxylic acids is 2. The van der Waals surface area contributed by atoms with Crippen LogP contribution in [0.5, 0.6) is 5.75 Å². The van der Waals surface area contributed by atoms with Crippen molar-refractivity contribution in [3.05, 3.63) is 29.3 Å². The molecule has 0 atom stereocenters. The molecule has 188 valence electrons. The third kappa shape index (κ3) is 15.4. The first-order chi connectivity index (χ1) is 16.0. The number of hydrogen-bond donors (Lipinski definition) is 2. The first-order valence-electron chi connectivity index (χ1n) is 13.2. The molecule has 0 aromatic heterocycles. The monoisotopic (exact) mass is 462 g/mol. The van der Waals surface area contributed by atoms with Gasteiger partial charge in [0.25, 0.3) is 0 Å². The molecule has 2 N–H and O–H groups in total. The van der Waals surface area contributed by atoms with Gasteiger partial charge in [-0.1, -0.05) is 76.8 Å². The van der Waals surface area contributed by atoms with E-state index in [0.29, 0.717) is 0 Å². The molecule has 1 aromatic carbocycles. The topological polar surface area (TPSA) is 83.8 Å². The summed E-state index contributed by atoms with van der Waals surface area (Å²) in [4.78, 5) is 21.2. The van der Waals surface area contributed by atoms with Crippen LogP contribution in [0.15, 0.2) is 18.2 Å². The molecule has 0 amide bonds. The zero-order chi connectivity index (χ0) is 24.2. The van der Waals surface area contributed by atoms with E-state index in [-0.39, 0.29) is 12.8 Å². The Labute approximate surface area is 200 Å². The Morgan fingerprint density at radius 1 is 0.697 bits per heavy atom. The summed E-state index contributed by atoms with van der Waals surface area (Å²) in [5.41, 5.74) is 2.79. The molecular formula is C28H46O5. The molecule has 5 nitrogen and oxygen atoms in total. The minimum Gasteiger partial charge on any atom is -0.493 e. The summed E-state index contributed by atoms with van der Waals surface area (Å²) in [6, 6.07) is 6.48. The lowest BCUT2D eigenvalue weighted by atomic mass is 9.95. The Morgan fingerprint density at radius 3 is 1.76 bits per heavy atom. The average molecular weight is 463 g/mol. The summed E-state index contributed by atoms with van der Waals surface area (Å²) in [6.07, 6.45) is 17.7. The summed E-state index contributed by atoms with van der Waals surface area (Å²) < 4.78 is 6.14. The van der Waals surface area contributed by atoms with Crippen LogP contribution in [0.25, 0.3) is 0 Å². The van der Waals surface area contributed by atoms with Gasteiger partial charge in [-0.3, -0.25) is 9.59 Å². The largest absolute Gasteiger partial charge is 0.493 e. The van der Waals surface area contributed by atoms with E-state index in [2.05, 4.69) is 25.1 Å². The van der Waals surface area contributed by atoms with Crippen LogP contribution in [-0.4, -0.2) is 28.8 Å². The molecule has 0 spiro atoms. The molecule has 0 bridgehead atoms. The zero-order valence-electron chi connectivity index (χ0n) is 20.8. The van der Waals surface area contributed by atoms with Crippen molar-refractivity contribution in [3.8, 4) is 5.75 Å². The highest BCUT2D eigenvalue weighted by Crippen LogP contribution is 2.27. The van der Waals surface area contributed by atoms with Crippen LogP contribution in [0, 0.1) is 0 Å². The van der Waals surface area contributed by atoms with Gasteiger partial charge in [0, 0.05) is 12.8 Å². The lowest BCUT2D eigenvalue weighted by Crippen LogP contribution is -2.03. The third-order valence-electron chi connectivity index (χ3n) is 6.14. The van der Waals surface area contributed by atoms with Crippen molar-refractivity contribution >= 4 is 11.9 Å². The van der Waals surface area contributed by atoms with E-state index in [0.717, 1.165) is 95.8 Å². The Morgan fingerprint density at radius 2 is 1.21 bits per heavy atom. The van der Waals surface area contributed by atoms with E-state index in [4.69, 9.17) is 14.9 Å².